The summed E-state index contributed by atoms with van der Waals surface area (Å²) in [4.78, 5) is 7.51. The van der Waals surface area contributed by atoms with Gasteiger partial charge in [0.1, 0.15) is 11.5 Å². The number of aliphatic imine (C=N–C) groups is 1. The smallest absolute Gasteiger partial charge is 0.165 e. The lowest BCUT2D eigenvalue weighted by Gasteiger charge is -2.26. The number of nitrogens with zero attached hydrogens (tertiary/aromatic N) is 2. The lowest BCUT2D eigenvalue weighted by atomic mass is 10.1. The number of amidine groups is 1. The summed E-state index contributed by atoms with van der Waals surface area (Å²) in [6, 6.07) is 22.8. The molecule has 176 valence electrons. The number of halogens is 1. The molecule has 0 saturated carbocycles. The molecule has 3 aromatic rings. The van der Waals surface area contributed by atoms with Crippen molar-refractivity contribution in [3.05, 3.63) is 89.0 Å². The van der Waals surface area contributed by atoms with Crippen molar-refractivity contribution in [3.8, 4) is 11.5 Å². The minimum absolute atomic E-state index is 0. The summed E-state index contributed by atoms with van der Waals surface area (Å²) in [5.41, 5.74) is 5.86. The van der Waals surface area contributed by atoms with Gasteiger partial charge in [0.25, 0.3) is 0 Å². The zero-order valence-electron chi connectivity index (χ0n) is 20.0. The van der Waals surface area contributed by atoms with Gasteiger partial charge in [0.05, 0.1) is 19.9 Å². The monoisotopic (exact) mass is 576 g/mol. The second kappa shape index (κ2) is 13.5. The van der Waals surface area contributed by atoms with Crippen molar-refractivity contribution < 1.29 is 9.47 Å². The predicted molar refractivity (Wildman–Crippen MR) is 152 cm³/mol. The van der Waals surface area contributed by atoms with Crippen LogP contribution >= 0.6 is 35.7 Å². The van der Waals surface area contributed by atoms with Crippen LogP contribution in [0.5, 0.6) is 11.5 Å². The number of aryl methyl sites for hydroxylation is 2. The van der Waals surface area contributed by atoms with Crippen molar-refractivity contribution in [2.75, 3.05) is 20.0 Å². The maximum absolute atomic E-state index is 5.33. The molecule has 0 atom stereocenters. The molecule has 0 saturated heterocycles. The molecule has 0 aromatic heterocycles. The standard InChI is InChI=1S/C27H32N2O2S.HI/c1-6-32-27(28-26-20(2)8-7-9-21(26)3)29(18-22-10-14-24(30-4)15-11-22)19-23-12-16-25(31-5)17-13-23;/h7-17H,6,18-19H2,1-5H3;1H. The highest BCUT2D eigenvalue weighted by Crippen LogP contribution is 2.27. The van der Waals surface area contributed by atoms with Crippen LogP contribution in [0.15, 0.2) is 71.7 Å². The van der Waals surface area contributed by atoms with Gasteiger partial charge in [-0.2, -0.15) is 0 Å². The first kappa shape index (κ1) is 27.1. The molecule has 0 N–H and O–H groups in total. The Kier molecular flexibility index (Phi) is 11.1. The van der Waals surface area contributed by atoms with Crippen LogP contribution in [-0.4, -0.2) is 30.0 Å². The minimum Gasteiger partial charge on any atom is -0.497 e. The van der Waals surface area contributed by atoms with Crippen molar-refractivity contribution in [1.29, 1.82) is 0 Å². The van der Waals surface area contributed by atoms with Crippen molar-refractivity contribution in [1.82, 2.24) is 4.90 Å². The van der Waals surface area contributed by atoms with Crippen LogP contribution in [0.1, 0.15) is 29.2 Å². The van der Waals surface area contributed by atoms with E-state index in [9.17, 15) is 0 Å². The fourth-order valence-electron chi connectivity index (χ4n) is 3.49. The summed E-state index contributed by atoms with van der Waals surface area (Å²) in [6.07, 6.45) is 0. The first-order valence-electron chi connectivity index (χ1n) is 10.8. The van der Waals surface area contributed by atoms with Gasteiger partial charge in [0.15, 0.2) is 5.17 Å². The van der Waals surface area contributed by atoms with Crippen LogP contribution in [0.25, 0.3) is 0 Å². The fourth-order valence-corrected chi connectivity index (χ4v) is 4.22. The molecule has 3 rings (SSSR count). The van der Waals surface area contributed by atoms with Gasteiger partial charge in [-0.05, 0) is 66.1 Å². The normalized spacial score (nSPS) is 11.0. The lowest BCUT2D eigenvalue weighted by molar-refractivity contribution is 0.405. The van der Waals surface area contributed by atoms with Gasteiger partial charge in [-0.15, -0.1) is 24.0 Å². The van der Waals surface area contributed by atoms with Gasteiger partial charge < -0.3 is 14.4 Å². The number of hydrogen-bond acceptors (Lipinski definition) is 4. The van der Waals surface area contributed by atoms with Crippen molar-refractivity contribution in [3.63, 3.8) is 0 Å². The highest BCUT2D eigenvalue weighted by Gasteiger charge is 2.15. The number of hydrogen-bond donors (Lipinski definition) is 0. The number of rotatable bonds is 8. The van der Waals surface area contributed by atoms with Crippen LogP contribution in [0.4, 0.5) is 5.69 Å². The third-order valence-corrected chi connectivity index (χ3v) is 6.15. The van der Waals surface area contributed by atoms with E-state index in [0.29, 0.717) is 0 Å². The molecule has 0 unspecified atom stereocenters. The quantitative estimate of drug-likeness (QED) is 0.159. The molecule has 0 aliphatic heterocycles. The van der Waals surface area contributed by atoms with Gasteiger partial charge >= 0.3 is 0 Å². The van der Waals surface area contributed by atoms with Gasteiger partial charge in [-0.25, -0.2) is 4.99 Å². The SMILES string of the molecule is CCSC(=Nc1c(C)cccc1C)N(Cc1ccc(OC)cc1)Cc1ccc(OC)cc1.I. The van der Waals surface area contributed by atoms with E-state index in [1.165, 1.54) is 22.3 Å². The van der Waals surface area contributed by atoms with Crippen LogP contribution < -0.4 is 9.47 Å². The Morgan fingerprint density at radius 3 is 1.64 bits per heavy atom. The maximum atomic E-state index is 5.33. The average Bonchev–Trinajstić information content (AvgIpc) is 2.81. The number of ether oxygens (including phenoxy) is 2. The first-order chi connectivity index (χ1) is 15.5. The summed E-state index contributed by atoms with van der Waals surface area (Å²) in [7, 11) is 3.39. The van der Waals surface area contributed by atoms with Crippen LogP contribution in [-0.2, 0) is 13.1 Å². The Balaban J connectivity index is 0.00000385. The molecule has 0 aliphatic rings. The third kappa shape index (κ3) is 7.67. The van der Waals surface area contributed by atoms with Crippen molar-refractivity contribution in [2.24, 2.45) is 4.99 Å². The van der Waals surface area contributed by atoms with Crippen molar-refractivity contribution in [2.45, 2.75) is 33.9 Å². The molecular weight excluding hydrogens is 543 g/mol. The summed E-state index contributed by atoms with van der Waals surface area (Å²) in [5.74, 6) is 2.68. The van der Waals surface area contributed by atoms with E-state index in [-0.39, 0.29) is 24.0 Å². The highest BCUT2D eigenvalue weighted by atomic mass is 127. The lowest BCUT2D eigenvalue weighted by Crippen LogP contribution is -2.28. The molecule has 0 radical (unpaired) electrons. The number of benzene rings is 3. The Bertz CT molecular complexity index is 967. The average molecular weight is 577 g/mol. The van der Waals surface area contributed by atoms with E-state index in [1.54, 1.807) is 26.0 Å². The zero-order valence-corrected chi connectivity index (χ0v) is 23.1. The number of methoxy groups -OCH3 is 2. The summed E-state index contributed by atoms with van der Waals surface area (Å²) >= 11 is 1.78. The van der Waals surface area contributed by atoms with E-state index in [4.69, 9.17) is 14.5 Å². The van der Waals surface area contributed by atoms with Gasteiger partial charge in [-0.3, -0.25) is 0 Å². The summed E-state index contributed by atoms with van der Waals surface area (Å²) < 4.78 is 10.7. The molecule has 0 spiro atoms. The van der Waals surface area contributed by atoms with Gasteiger partial charge in [0, 0.05) is 13.1 Å². The molecule has 0 heterocycles. The van der Waals surface area contributed by atoms with Crippen LogP contribution in [0.3, 0.4) is 0 Å². The van der Waals surface area contributed by atoms with Gasteiger partial charge in [0.2, 0.25) is 0 Å². The highest BCUT2D eigenvalue weighted by molar-refractivity contribution is 14.0. The van der Waals surface area contributed by atoms with Crippen LogP contribution in [0.2, 0.25) is 0 Å². The predicted octanol–water partition coefficient (Wildman–Crippen LogP) is 7.38. The second-order valence-corrected chi connectivity index (χ2v) is 8.85. The molecule has 33 heavy (non-hydrogen) atoms. The van der Waals surface area contributed by atoms with Crippen molar-refractivity contribution >= 4 is 46.6 Å². The molecule has 0 amide bonds. The minimum atomic E-state index is 0. The van der Waals surface area contributed by atoms with E-state index in [1.807, 2.05) is 24.3 Å². The summed E-state index contributed by atoms with van der Waals surface area (Å²) in [6.45, 7) is 7.93. The number of para-hydroxylation sites is 1. The Morgan fingerprint density at radius 2 is 1.24 bits per heavy atom. The van der Waals surface area contributed by atoms with E-state index >= 15 is 0 Å². The molecule has 0 bridgehead atoms. The van der Waals surface area contributed by atoms with Crippen LogP contribution in [0, 0.1) is 13.8 Å². The van der Waals surface area contributed by atoms with E-state index in [0.717, 1.165) is 41.2 Å². The molecule has 6 heteroatoms. The fraction of sp³-hybridized carbons (Fsp3) is 0.296. The number of thioether (sulfide) groups is 1. The second-order valence-electron chi connectivity index (χ2n) is 7.62. The third-order valence-electron chi connectivity index (χ3n) is 5.26. The maximum Gasteiger partial charge on any atom is 0.165 e. The molecule has 0 aliphatic carbocycles. The van der Waals surface area contributed by atoms with E-state index < -0.39 is 0 Å². The Morgan fingerprint density at radius 1 is 0.788 bits per heavy atom. The largest absolute Gasteiger partial charge is 0.497 e. The molecule has 3 aromatic carbocycles. The summed E-state index contributed by atoms with van der Waals surface area (Å²) in [5, 5.41) is 1.02. The topological polar surface area (TPSA) is 34.1 Å². The molecule has 4 nitrogen and oxygen atoms in total. The van der Waals surface area contributed by atoms with E-state index in [2.05, 4.69) is 68.1 Å². The first-order valence-corrected chi connectivity index (χ1v) is 11.8. The zero-order chi connectivity index (χ0) is 22.9. The van der Waals surface area contributed by atoms with Gasteiger partial charge in [-0.1, -0.05) is 61.2 Å². The Labute approximate surface area is 219 Å². The Hall–Kier alpha value is -2.19. The molecule has 0 fully saturated rings. The molecular formula is C27H33IN2O2S.